The Labute approximate surface area is 158 Å². The molecule has 0 aromatic heterocycles. The lowest BCUT2D eigenvalue weighted by atomic mass is 9.99. The van der Waals surface area contributed by atoms with Crippen molar-refractivity contribution in [2.45, 2.75) is 75.5 Å². The molecule has 2 aromatic rings. The van der Waals surface area contributed by atoms with E-state index in [-0.39, 0.29) is 0 Å². The first-order valence-electron chi connectivity index (χ1n) is 10.2. The molecule has 0 amide bonds. The van der Waals surface area contributed by atoms with Crippen LogP contribution in [0.25, 0.3) is 10.8 Å². The fourth-order valence-corrected chi connectivity index (χ4v) is 11.7. The number of rotatable bonds is 4. The van der Waals surface area contributed by atoms with Gasteiger partial charge >= 0.3 is 0 Å². The molecule has 0 spiro atoms. The summed E-state index contributed by atoms with van der Waals surface area (Å²) in [4.78, 5) is 0. The second-order valence-electron chi connectivity index (χ2n) is 8.05. The fraction of sp³-hybridized carbons (Fsp3) is 0.522. The van der Waals surface area contributed by atoms with Gasteiger partial charge in [0.1, 0.15) is 0 Å². The largest absolute Gasteiger partial charge is 0.304 e. The summed E-state index contributed by atoms with van der Waals surface area (Å²) in [5.74, 6) is 0. The highest BCUT2D eigenvalue weighted by molar-refractivity contribution is 7.87. The number of benzene rings is 2. The Bertz CT molecular complexity index is 680. The molecular weight excluding hydrogens is 343 g/mol. The predicted molar refractivity (Wildman–Crippen MR) is 114 cm³/mol. The highest BCUT2D eigenvalue weighted by Crippen LogP contribution is 2.74. The Kier molecular flexibility index (Phi) is 5.68. The van der Waals surface area contributed by atoms with Gasteiger partial charge in [-0.3, -0.25) is 0 Å². The molecule has 134 valence electrons. The molecule has 4 rings (SSSR count). The molecule has 2 aliphatic rings. The molecule has 0 N–H and O–H groups in total. The lowest BCUT2D eigenvalue weighted by molar-refractivity contribution is 0.483. The molecule has 0 aliphatic heterocycles. The van der Waals surface area contributed by atoms with Crippen LogP contribution in [0.4, 0.5) is 0 Å². The first kappa shape index (κ1) is 17.8. The number of fused-ring (bicyclic) bond motifs is 1. The first-order chi connectivity index (χ1) is 12.3. The Morgan fingerprint density at radius 3 is 1.84 bits per heavy atom. The van der Waals surface area contributed by atoms with Crippen LogP contribution in [0.5, 0.6) is 0 Å². The highest BCUT2D eigenvalue weighted by Gasteiger charge is 2.47. The van der Waals surface area contributed by atoms with Gasteiger partial charge < -0.3 is 11.6 Å². The van der Waals surface area contributed by atoms with Gasteiger partial charge in [0.05, 0.1) is 5.30 Å². The van der Waals surface area contributed by atoms with Gasteiger partial charge in [-0.2, -0.15) is 0 Å². The number of hydrogen-bond donors (Lipinski definition) is 0. The molecule has 0 heterocycles. The molecule has 0 atom stereocenters. The number of halogens is 1. The van der Waals surface area contributed by atoms with Crippen molar-refractivity contribution < 1.29 is 0 Å². The van der Waals surface area contributed by atoms with E-state index in [0.29, 0.717) is 0 Å². The fourth-order valence-electron chi connectivity index (χ4n) is 5.37. The minimum absolute atomic E-state index is 0.822. The van der Waals surface area contributed by atoms with Crippen molar-refractivity contribution >= 4 is 34.9 Å². The van der Waals surface area contributed by atoms with E-state index in [2.05, 4.69) is 48.1 Å². The van der Waals surface area contributed by atoms with E-state index in [1.807, 2.05) is 0 Å². The van der Waals surface area contributed by atoms with Crippen molar-refractivity contribution in [3.05, 3.63) is 48.1 Å². The molecule has 2 fully saturated rings. The normalized spacial score (nSPS) is 20.8. The van der Waals surface area contributed by atoms with E-state index in [0.717, 1.165) is 11.3 Å². The third-order valence-corrected chi connectivity index (χ3v) is 12.6. The van der Waals surface area contributed by atoms with E-state index >= 15 is 0 Å². The van der Waals surface area contributed by atoms with Gasteiger partial charge in [0, 0.05) is 11.3 Å². The third kappa shape index (κ3) is 3.38. The van der Waals surface area contributed by atoms with E-state index in [4.69, 9.17) is 11.6 Å². The van der Waals surface area contributed by atoms with Crippen molar-refractivity contribution in [2.24, 2.45) is 0 Å². The summed E-state index contributed by atoms with van der Waals surface area (Å²) in [6.45, 7) is 0. The summed E-state index contributed by atoms with van der Waals surface area (Å²) < 4.78 is 0. The average Bonchev–Trinajstić information content (AvgIpc) is 2.71. The lowest BCUT2D eigenvalue weighted by Gasteiger charge is -2.48. The smallest absolute Gasteiger partial charge is 0.0671 e. The van der Waals surface area contributed by atoms with E-state index in [9.17, 15) is 0 Å². The molecule has 25 heavy (non-hydrogen) atoms. The molecule has 0 saturated heterocycles. The van der Waals surface area contributed by atoms with Crippen LogP contribution in [0.15, 0.2) is 42.5 Å². The summed E-state index contributed by atoms with van der Waals surface area (Å²) in [6.07, 6.45) is 14.0. The molecule has 0 nitrogen and oxygen atoms in total. The van der Waals surface area contributed by atoms with Crippen molar-refractivity contribution in [2.75, 3.05) is 0 Å². The van der Waals surface area contributed by atoms with Gasteiger partial charge in [-0.25, -0.2) is 0 Å². The van der Waals surface area contributed by atoms with Gasteiger partial charge in [0.15, 0.2) is 0 Å². The maximum atomic E-state index is 6.80. The molecule has 2 saturated carbocycles. The molecule has 0 radical (unpaired) electrons. The van der Waals surface area contributed by atoms with Crippen LogP contribution >= 0.6 is 18.9 Å². The summed E-state index contributed by atoms with van der Waals surface area (Å²) in [5, 5.41) is 4.32. The van der Waals surface area contributed by atoms with Crippen molar-refractivity contribution in [1.82, 2.24) is 0 Å². The average molecular weight is 373 g/mol. The van der Waals surface area contributed by atoms with Crippen LogP contribution in [-0.2, 0) is 0 Å². The summed E-state index contributed by atoms with van der Waals surface area (Å²) in [5.41, 5.74) is 3.86. The Morgan fingerprint density at radius 1 is 0.720 bits per heavy atom. The second-order valence-corrected chi connectivity index (χ2v) is 12.5. The monoisotopic (exact) mass is 372 g/mol. The molecule has 2 aromatic carbocycles. The molecule has 2 heteroatoms. The zero-order valence-electron chi connectivity index (χ0n) is 15.2. The minimum atomic E-state index is -1.44. The summed E-state index contributed by atoms with van der Waals surface area (Å²) in [7, 11) is -1.44. The predicted octanol–water partition coefficient (Wildman–Crippen LogP) is 7.51. The zero-order valence-corrected chi connectivity index (χ0v) is 16.8. The molecule has 0 unspecified atom stereocenters. The van der Waals surface area contributed by atoms with Crippen LogP contribution in [0.2, 0.25) is 0 Å². The van der Waals surface area contributed by atoms with Crippen LogP contribution in [-0.4, -0.2) is 11.3 Å². The standard InChI is InChI=1S/C23H30ClP/c24-18-25(21-11-3-1-4-12-21,22-13-5-2-6-14-22)23-16-15-19-9-7-8-10-20(19)17-23/h7-10,15-18,21-22H,1-6,11-14H2. The van der Waals surface area contributed by atoms with Gasteiger partial charge in [-0.15, -0.1) is 0 Å². The number of hydrogen-bond acceptors (Lipinski definition) is 0. The van der Waals surface area contributed by atoms with E-state index < -0.39 is 7.26 Å². The molecular formula is C23H30ClP. The Morgan fingerprint density at radius 2 is 1.28 bits per heavy atom. The highest BCUT2D eigenvalue weighted by atomic mass is 35.5. The van der Waals surface area contributed by atoms with Gasteiger partial charge in [0.2, 0.25) is 0 Å². The van der Waals surface area contributed by atoms with Crippen LogP contribution in [0, 0.1) is 5.62 Å². The summed E-state index contributed by atoms with van der Waals surface area (Å²) >= 11 is 6.80. The maximum Gasteiger partial charge on any atom is 0.0671 e. The van der Waals surface area contributed by atoms with Gasteiger partial charge in [-0.1, -0.05) is 56.1 Å². The van der Waals surface area contributed by atoms with Gasteiger partial charge in [0.25, 0.3) is 0 Å². The zero-order chi connectivity index (χ0) is 17.1. The Hall–Kier alpha value is -0.580. The van der Waals surface area contributed by atoms with Crippen molar-refractivity contribution in [3.63, 3.8) is 0 Å². The van der Waals surface area contributed by atoms with E-state index in [1.165, 1.54) is 75.0 Å². The maximum absolute atomic E-state index is 6.80. The third-order valence-electron chi connectivity index (χ3n) is 6.70. The van der Waals surface area contributed by atoms with Crippen LogP contribution in [0.1, 0.15) is 64.2 Å². The molecule has 0 bridgehead atoms. The topological polar surface area (TPSA) is 0 Å². The van der Waals surface area contributed by atoms with Crippen LogP contribution < -0.4 is 5.30 Å². The van der Waals surface area contributed by atoms with E-state index in [1.54, 1.807) is 5.30 Å². The lowest BCUT2D eigenvalue weighted by Crippen LogP contribution is -2.34. The molecule has 2 aliphatic carbocycles. The first-order valence-corrected chi connectivity index (χ1v) is 12.6. The van der Waals surface area contributed by atoms with Crippen molar-refractivity contribution in [1.29, 1.82) is 0 Å². The summed E-state index contributed by atoms with van der Waals surface area (Å²) in [6, 6.07) is 16.1. The van der Waals surface area contributed by atoms with Crippen molar-refractivity contribution in [3.8, 4) is 0 Å². The van der Waals surface area contributed by atoms with Gasteiger partial charge in [-0.05, 0) is 74.3 Å². The second kappa shape index (κ2) is 7.98. The van der Waals surface area contributed by atoms with Crippen LogP contribution in [0.3, 0.4) is 0 Å². The Balaban J connectivity index is 1.81. The SMILES string of the molecule is Cl[CH-][P+](c1ccc2ccccc2c1)(C1CCCCC1)C1CCCCC1. The quantitative estimate of drug-likeness (QED) is 0.385. The minimum Gasteiger partial charge on any atom is -0.304 e.